The lowest BCUT2D eigenvalue weighted by Crippen LogP contribution is -2.49. The highest BCUT2D eigenvalue weighted by Gasteiger charge is 2.24. The maximum absolute atomic E-state index is 12.9. The van der Waals surface area contributed by atoms with E-state index in [-0.39, 0.29) is 11.5 Å². The summed E-state index contributed by atoms with van der Waals surface area (Å²) in [6.45, 7) is 4.31. The Balaban J connectivity index is 1.19. The number of H-pyrrole nitrogens is 1. The van der Waals surface area contributed by atoms with Gasteiger partial charge in [-0.3, -0.25) is 14.5 Å². The Bertz CT molecular complexity index is 1130. The Kier molecular flexibility index (Phi) is 5.08. The van der Waals surface area contributed by atoms with Crippen molar-refractivity contribution in [1.82, 2.24) is 29.5 Å². The standard InChI is InChI=1S/C22H26N6O2/c29-20-14-16-4-1-2-6-19(16)25-28(20)13-10-26-8-11-27(12-9-26)22(30)18-15-24-21-17(18)5-3-7-23-21/h3,5,7,14-15H,1-2,4,6,8-13H2,(H,23,24). The molecule has 8 heteroatoms. The number of aryl methyl sites for hydroxylation is 2. The summed E-state index contributed by atoms with van der Waals surface area (Å²) in [5.74, 6) is 0.0430. The molecule has 0 spiro atoms. The Morgan fingerprint density at radius 1 is 1.10 bits per heavy atom. The zero-order chi connectivity index (χ0) is 20.5. The minimum atomic E-state index is -0.00240. The van der Waals surface area contributed by atoms with Gasteiger partial charge in [0.25, 0.3) is 11.5 Å². The van der Waals surface area contributed by atoms with Crippen molar-refractivity contribution >= 4 is 16.9 Å². The molecule has 0 radical (unpaired) electrons. The van der Waals surface area contributed by atoms with E-state index in [0.717, 1.165) is 67.6 Å². The topological polar surface area (TPSA) is 87.1 Å². The number of nitrogens with zero attached hydrogens (tertiary/aromatic N) is 5. The quantitative estimate of drug-likeness (QED) is 0.709. The zero-order valence-electron chi connectivity index (χ0n) is 17.0. The van der Waals surface area contributed by atoms with Crippen molar-refractivity contribution in [2.24, 2.45) is 0 Å². The molecule has 0 unspecified atom stereocenters. The van der Waals surface area contributed by atoms with Gasteiger partial charge >= 0.3 is 0 Å². The van der Waals surface area contributed by atoms with Gasteiger partial charge in [0, 0.05) is 56.6 Å². The molecule has 5 rings (SSSR count). The Labute approximate surface area is 174 Å². The zero-order valence-corrected chi connectivity index (χ0v) is 17.0. The molecule has 1 N–H and O–H groups in total. The van der Waals surface area contributed by atoms with Gasteiger partial charge in [-0.15, -0.1) is 0 Å². The number of amides is 1. The molecule has 2 aliphatic rings. The van der Waals surface area contributed by atoms with Gasteiger partial charge in [-0.1, -0.05) is 0 Å². The number of hydrogen-bond donors (Lipinski definition) is 1. The molecule has 4 heterocycles. The average Bonchev–Trinajstić information content (AvgIpc) is 3.22. The van der Waals surface area contributed by atoms with E-state index in [1.807, 2.05) is 17.0 Å². The van der Waals surface area contributed by atoms with Gasteiger partial charge in [0.2, 0.25) is 0 Å². The Hall–Kier alpha value is -3.00. The number of fused-ring (bicyclic) bond motifs is 2. The van der Waals surface area contributed by atoms with E-state index in [9.17, 15) is 9.59 Å². The van der Waals surface area contributed by atoms with Crippen molar-refractivity contribution in [1.29, 1.82) is 0 Å². The lowest BCUT2D eigenvalue weighted by molar-refractivity contribution is 0.0633. The predicted octanol–water partition coefficient (Wildman–Crippen LogP) is 1.46. The SMILES string of the molecule is O=C(c1c[nH]c2ncccc12)N1CCN(CCn2nc3c(cc2=O)CCCC3)CC1. The van der Waals surface area contributed by atoms with Crippen molar-refractivity contribution < 1.29 is 4.79 Å². The number of carbonyl (C=O) groups is 1. The summed E-state index contributed by atoms with van der Waals surface area (Å²) >= 11 is 0. The fraction of sp³-hybridized carbons (Fsp3) is 0.455. The number of piperazine rings is 1. The Morgan fingerprint density at radius 3 is 2.80 bits per heavy atom. The van der Waals surface area contributed by atoms with E-state index >= 15 is 0 Å². The first kappa shape index (κ1) is 19.0. The van der Waals surface area contributed by atoms with E-state index in [1.54, 1.807) is 23.1 Å². The number of nitrogens with one attached hydrogen (secondary N) is 1. The van der Waals surface area contributed by atoms with Gasteiger partial charge in [0.15, 0.2) is 0 Å². The molecule has 1 amide bonds. The van der Waals surface area contributed by atoms with Crippen LogP contribution in [0, 0.1) is 0 Å². The van der Waals surface area contributed by atoms with E-state index in [4.69, 9.17) is 0 Å². The molecule has 30 heavy (non-hydrogen) atoms. The normalized spacial score (nSPS) is 17.3. The fourth-order valence-electron chi connectivity index (χ4n) is 4.48. The molecule has 1 aliphatic carbocycles. The molecular formula is C22H26N6O2. The monoisotopic (exact) mass is 406 g/mol. The van der Waals surface area contributed by atoms with Crippen LogP contribution in [-0.2, 0) is 19.4 Å². The number of aromatic amines is 1. The Morgan fingerprint density at radius 2 is 1.93 bits per heavy atom. The van der Waals surface area contributed by atoms with E-state index in [2.05, 4.69) is 20.0 Å². The van der Waals surface area contributed by atoms with Gasteiger partial charge in [-0.25, -0.2) is 9.67 Å². The molecule has 3 aromatic heterocycles. The summed E-state index contributed by atoms with van der Waals surface area (Å²) in [5.41, 5.74) is 3.63. The van der Waals surface area contributed by atoms with Crippen LogP contribution in [0.1, 0.15) is 34.5 Å². The summed E-state index contributed by atoms with van der Waals surface area (Å²) in [6, 6.07) is 5.54. The number of aromatic nitrogens is 4. The minimum absolute atomic E-state index is 0.00240. The fourth-order valence-corrected chi connectivity index (χ4v) is 4.48. The number of rotatable bonds is 4. The van der Waals surface area contributed by atoms with Crippen LogP contribution >= 0.6 is 0 Å². The average molecular weight is 406 g/mol. The van der Waals surface area contributed by atoms with Crippen LogP contribution in [0.3, 0.4) is 0 Å². The molecule has 8 nitrogen and oxygen atoms in total. The molecule has 1 saturated heterocycles. The summed E-state index contributed by atoms with van der Waals surface area (Å²) in [5, 5.41) is 5.47. The van der Waals surface area contributed by atoms with Gasteiger partial charge in [0.05, 0.1) is 17.8 Å². The summed E-state index contributed by atoms with van der Waals surface area (Å²) in [6.07, 6.45) is 7.71. The van der Waals surface area contributed by atoms with Crippen LogP contribution in [0.5, 0.6) is 0 Å². The summed E-state index contributed by atoms with van der Waals surface area (Å²) in [7, 11) is 0. The van der Waals surface area contributed by atoms with Gasteiger partial charge in [0.1, 0.15) is 5.65 Å². The first-order valence-corrected chi connectivity index (χ1v) is 10.7. The van der Waals surface area contributed by atoms with E-state index in [0.29, 0.717) is 25.2 Å². The third-order valence-corrected chi connectivity index (χ3v) is 6.24. The van der Waals surface area contributed by atoms with Crippen LogP contribution in [0.4, 0.5) is 0 Å². The largest absolute Gasteiger partial charge is 0.345 e. The van der Waals surface area contributed by atoms with E-state index in [1.165, 1.54) is 0 Å². The maximum Gasteiger partial charge on any atom is 0.267 e. The molecular weight excluding hydrogens is 380 g/mol. The highest BCUT2D eigenvalue weighted by atomic mass is 16.2. The van der Waals surface area contributed by atoms with Crippen LogP contribution < -0.4 is 5.56 Å². The van der Waals surface area contributed by atoms with Crippen LogP contribution in [0.15, 0.2) is 35.4 Å². The van der Waals surface area contributed by atoms with Crippen molar-refractivity contribution in [3.8, 4) is 0 Å². The van der Waals surface area contributed by atoms with Crippen LogP contribution in [0.2, 0.25) is 0 Å². The highest BCUT2D eigenvalue weighted by Crippen LogP contribution is 2.19. The van der Waals surface area contributed by atoms with E-state index < -0.39 is 0 Å². The van der Waals surface area contributed by atoms with Crippen LogP contribution in [-0.4, -0.2) is 68.2 Å². The third kappa shape index (κ3) is 3.63. The van der Waals surface area contributed by atoms with Gasteiger partial charge in [-0.05, 0) is 43.4 Å². The number of carbonyl (C=O) groups excluding carboxylic acids is 1. The first-order valence-electron chi connectivity index (χ1n) is 10.7. The molecule has 1 fully saturated rings. The molecule has 1 aliphatic heterocycles. The summed E-state index contributed by atoms with van der Waals surface area (Å²) in [4.78, 5) is 36.8. The van der Waals surface area contributed by atoms with Crippen molar-refractivity contribution in [2.75, 3.05) is 32.7 Å². The van der Waals surface area contributed by atoms with Crippen LogP contribution in [0.25, 0.3) is 11.0 Å². The second kappa shape index (κ2) is 8.02. The molecule has 0 aromatic carbocycles. The molecule has 3 aromatic rings. The second-order valence-corrected chi connectivity index (χ2v) is 8.12. The van der Waals surface area contributed by atoms with Gasteiger partial charge in [-0.2, -0.15) is 5.10 Å². The molecule has 0 atom stereocenters. The second-order valence-electron chi connectivity index (χ2n) is 8.12. The van der Waals surface area contributed by atoms with Crippen molar-refractivity contribution in [3.63, 3.8) is 0 Å². The lowest BCUT2D eigenvalue weighted by Gasteiger charge is -2.34. The molecule has 156 valence electrons. The summed E-state index contributed by atoms with van der Waals surface area (Å²) < 4.78 is 1.61. The highest BCUT2D eigenvalue weighted by molar-refractivity contribution is 6.05. The smallest absolute Gasteiger partial charge is 0.267 e. The number of pyridine rings is 1. The third-order valence-electron chi connectivity index (χ3n) is 6.24. The number of hydrogen-bond acceptors (Lipinski definition) is 5. The lowest BCUT2D eigenvalue weighted by atomic mass is 9.97. The first-order chi connectivity index (χ1) is 14.7. The van der Waals surface area contributed by atoms with Gasteiger partial charge < -0.3 is 9.88 Å². The van der Waals surface area contributed by atoms with Crippen molar-refractivity contribution in [2.45, 2.75) is 32.2 Å². The van der Waals surface area contributed by atoms with Crippen molar-refractivity contribution in [3.05, 3.63) is 57.8 Å². The minimum Gasteiger partial charge on any atom is -0.345 e. The molecule has 0 bridgehead atoms. The maximum atomic E-state index is 12.9. The molecule has 0 saturated carbocycles. The predicted molar refractivity (Wildman–Crippen MR) is 114 cm³/mol.